The molecular formula is C22H23BrClN5O. The Morgan fingerprint density at radius 2 is 1.93 bits per heavy atom. The van der Waals surface area contributed by atoms with Crippen molar-refractivity contribution in [1.82, 2.24) is 15.1 Å². The Bertz CT molecular complexity index is 1120. The van der Waals surface area contributed by atoms with Crippen molar-refractivity contribution in [3.8, 4) is 0 Å². The highest BCUT2D eigenvalue weighted by Gasteiger charge is 2.14. The lowest BCUT2D eigenvalue weighted by atomic mass is 10.2. The first-order chi connectivity index (χ1) is 14.3. The molecule has 156 valence electrons. The van der Waals surface area contributed by atoms with Crippen molar-refractivity contribution in [2.45, 2.75) is 27.3 Å². The Kier molecular flexibility index (Phi) is 6.95. The molecule has 0 aliphatic heterocycles. The van der Waals surface area contributed by atoms with Crippen LogP contribution in [0.25, 0.3) is 0 Å². The van der Waals surface area contributed by atoms with E-state index in [-0.39, 0.29) is 5.91 Å². The zero-order chi connectivity index (χ0) is 21.8. The molecule has 6 nitrogen and oxygen atoms in total. The van der Waals surface area contributed by atoms with Gasteiger partial charge in [-0.1, -0.05) is 29.8 Å². The van der Waals surface area contributed by atoms with Crippen LogP contribution in [0.4, 0.5) is 5.69 Å². The van der Waals surface area contributed by atoms with Crippen LogP contribution in [0.5, 0.6) is 0 Å². The van der Waals surface area contributed by atoms with Gasteiger partial charge in [-0.3, -0.25) is 14.8 Å². The van der Waals surface area contributed by atoms with Gasteiger partial charge in [0.15, 0.2) is 0 Å². The summed E-state index contributed by atoms with van der Waals surface area (Å²) in [6, 6.07) is 12.8. The van der Waals surface area contributed by atoms with Gasteiger partial charge >= 0.3 is 0 Å². The van der Waals surface area contributed by atoms with Crippen molar-refractivity contribution in [2.75, 3.05) is 5.32 Å². The fraction of sp³-hybridized carbons (Fsp3) is 0.227. The average Bonchev–Trinajstić information content (AvgIpc) is 2.94. The van der Waals surface area contributed by atoms with E-state index in [0.29, 0.717) is 27.6 Å². The van der Waals surface area contributed by atoms with Crippen molar-refractivity contribution < 1.29 is 4.79 Å². The molecule has 30 heavy (non-hydrogen) atoms. The maximum atomic E-state index is 12.9. The SMILES string of the molecule is Cc1ccc(Cl)cc1NC(=NCc1c(C)nn(C)c1C)NC(=O)c1ccccc1Br. The number of nitrogens with one attached hydrogen (secondary N) is 2. The minimum atomic E-state index is -0.270. The molecule has 1 amide bonds. The number of carbonyl (C=O) groups is 1. The van der Waals surface area contributed by atoms with Crippen LogP contribution in [0.15, 0.2) is 51.9 Å². The van der Waals surface area contributed by atoms with E-state index in [9.17, 15) is 4.79 Å². The predicted octanol–water partition coefficient (Wildman–Crippen LogP) is 5.16. The maximum absolute atomic E-state index is 12.9. The molecule has 1 aromatic heterocycles. The molecule has 0 unspecified atom stereocenters. The fourth-order valence-corrected chi connectivity index (χ4v) is 3.63. The van der Waals surface area contributed by atoms with E-state index < -0.39 is 0 Å². The smallest absolute Gasteiger partial charge is 0.259 e. The molecule has 0 bridgehead atoms. The number of rotatable bonds is 4. The van der Waals surface area contributed by atoms with Crippen molar-refractivity contribution in [1.29, 1.82) is 0 Å². The molecular weight excluding hydrogens is 466 g/mol. The van der Waals surface area contributed by atoms with Gasteiger partial charge in [0.25, 0.3) is 5.91 Å². The van der Waals surface area contributed by atoms with E-state index in [1.807, 2.05) is 62.8 Å². The van der Waals surface area contributed by atoms with E-state index >= 15 is 0 Å². The number of hydrogen-bond donors (Lipinski definition) is 2. The number of halogens is 2. The number of aryl methyl sites for hydroxylation is 3. The Labute approximate surface area is 189 Å². The molecule has 1 heterocycles. The maximum Gasteiger partial charge on any atom is 0.259 e. The van der Waals surface area contributed by atoms with Crippen LogP contribution in [-0.2, 0) is 13.6 Å². The quantitative estimate of drug-likeness (QED) is 0.394. The van der Waals surface area contributed by atoms with Gasteiger partial charge < -0.3 is 5.32 Å². The number of guanidine groups is 1. The molecule has 0 radical (unpaired) electrons. The molecule has 0 saturated heterocycles. The third-order valence-corrected chi connectivity index (χ3v) is 5.78. The summed E-state index contributed by atoms with van der Waals surface area (Å²) in [4.78, 5) is 17.5. The first kappa shape index (κ1) is 22.1. The third kappa shape index (κ3) is 5.09. The van der Waals surface area contributed by atoms with Gasteiger partial charge in [-0.15, -0.1) is 0 Å². The second kappa shape index (κ2) is 9.45. The lowest BCUT2D eigenvalue weighted by Gasteiger charge is -2.14. The van der Waals surface area contributed by atoms with Crippen molar-refractivity contribution >= 4 is 45.1 Å². The molecule has 0 aliphatic carbocycles. The summed E-state index contributed by atoms with van der Waals surface area (Å²) in [5, 5.41) is 11.1. The van der Waals surface area contributed by atoms with Crippen LogP contribution in [0.3, 0.4) is 0 Å². The lowest BCUT2D eigenvalue weighted by molar-refractivity contribution is 0.0976. The first-order valence-electron chi connectivity index (χ1n) is 9.39. The Balaban J connectivity index is 1.92. The number of nitrogens with zero attached hydrogens (tertiary/aromatic N) is 3. The standard InChI is InChI=1S/C22H23BrClN5O/c1-13-9-10-16(24)11-20(13)26-22(25-12-18-14(2)28-29(4)15(18)3)27-21(30)17-7-5-6-8-19(17)23/h5-11H,12H2,1-4H3,(H2,25,26,27,30). The van der Waals surface area contributed by atoms with Gasteiger partial charge in [0.1, 0.15) is 0 Å². The highest BCUT2D eigenvalue weighted by molar-refractivity contribution is 9.10. The summed E-state index contributed by atoms with van der Waals surface area (Å²) in [6.45, 7) is 6.29. The number of carbonyl (C=O) groups excluding carboxylic acids is 1. The molecule has 0 saturated carbocycles. The Morgan fingerprint density at radius 1 is 1.20 bits per heavy atom. The summed E-state index contributed by atoms with van der Waals surface area (Å²) in [5.41, 5.74) is 5.24. The second-order valence-electron chi connectivity index (χ2n) is 6.96. The monoisotopic (exact) mass is 487 g/mol. The van der Waals surface area contributed by atoms with Gasteiger partial charge in [0, 0.05) is 33.5 Å². The summed E-state index contributed by atoms with van der Waals surface area (Å²) < 4.78 is 2.54. The molecule has 0 aliphatic rings. The molecule has 0 atom stereocenters. The molecule has 8 heteroatoms. The highest BCUT2D eigenvalue weighted by Crippen LogP contribution is 2.21. The van der Waals surface area contributed by atoms with E-state index in [2.05, 4.69) is 36.7 Å². The minimum absolute atomic E-state index is 0.270. The van der Waals surface area contributed by atoms with Gasteiger partial charge in [-0.05, 0) is 66.5 Å². The largest absolute Gasteiger partial charge is 0.326 e. The first-order valence-corrected chi connectivity index (χ1v) is 10.6. The summed E-state index contributed by atoms with van der Waals surface area (Å²) in [6.07, 6.45) is 0. The van der Waals surface area contributed by atoms with Crippen LogP contribution in [0.1, 0.15) is 32.9 Å². The van der Waals surface area contributed by atoms with Crippen molar-refractivity contribution in [3.63, 3.8) is 0 Å². The van der Waals surface area contributed by atoms with Gasteiger partial charge in [0.2, 0.25) is 5.96 Å². The summed E-state index contributed by atoms with van der Waals surface area (Å²) in [5.74, 6) is 0.0665. The van der Waals surface area contributed by atoms with E-state index in [0.717, 1.165) is 28.2 Å². The van der Waals surface area contributed by atoms with E-state index in [1.165, 1.54) is 0 Å². The van der Waals surface area contributed by atoms with Gasteiger partial charge in [-0.25, -0.2) is 4.99 Å². The number of anilines is 1. The van der Waals surface area contributed by atoms with Crippen LogP contribution >= 0.6 is 27.5 Å². The average molecular weight is 489 g/mol. The van der Waals surface area contributed by atoms with Crippen LogP contribution in [0.2, 0.25) is 5.02 Å². The van der Waals surface area contributed by atoms with Gasteiger partial charge in [-0.2, -0.15) is 5.10 Å². The van der Waals surface area contributed by atoms with Crippen LogP contribution < -0.4 is 10.6 Å². The van der Waals surface area contributed by atoms with E-state index in [4.69, 9.17) is 11.6 Å². The van der Waals surface area contributed by atoms with Gasteiger partial charge in [0.05, 0.1) is 17.8 Å². The number of amides is 1. The van der Waals surface area contributed by atoms with Crippen molar-refractivity contribution in [2.24, 2.45) is 12.0 Å². The number of benzene rings is 2. The molecule has 0 spiro atoms. The Morgan fingerprint density at radius 3 is 2.60 bits per heavy atom. The molecule has 2 aromatic carbocycles. The zero-order valence-corrected chi connectivity index (χ0v) is 19.6. The minimum Gasteiger partial charge on any atom is -0.326 e. The molecule has 0 fully saturated rings. The van der Waals surface area contributed by atoms with E-state index in [1.54, 1.807) is 12.1 Å². The zero-order valence-electron chi connectivity index (χ0n) is 17.3. The lowest BCUT2D eigenvalue weighted by Crippen LogP contribution is -2.36. The molecule has 2 N–H and O–H groups in total. The van der Waals surface area contributed by atoms with Crippen molar-refractivity contribution in [3.05, 3.63) is 80.0 Å². The van der Waals surface area contributed by atoms with Crippen LogP contribution in [0, 0.1) is 20.8 Å². The predicted molar refractivity (Wildman–Crippen MR) is 125 cm³/mol. The highest BCUT2D eigenvalue weighted by atomic mass is 79.9. The fourth-order valence-electron chi connectivity index (χ4n) is 2.99. The normalized spacial score (nSPS) is 11.5. The second-order valence-corrected chi connectivity index (χ2v) is 8.25. The molecule has 3 rings (SSSR count). The van der Waals surface area contributed by atoms with Crippen LogP contribution in [-0.4, -0.2) is 21.6 Å². The number of aliphatic imine (C=N–C) groups is 1. The topological polar surface area (TPSA) is 71.3 Å². The number of hydrogen-bond acceptors (Lipinski definition) is 3. The third-order valence-electron chi connectivity index (χ3n) is 4.86. The summed E-state index contributed by atoms with van der Waals surface area (Å²) >= 11 is 9.58. The molecule has 3 aromatic rings. The number of aromatic nitrogens is 2. The Hall–Kier alpha value is -2.64. The summed E-state index contributed by atoms with van der Waals surface area (Å²) in [7, 11) is 1.90.